The normalized spacial score (nSPS) is 25.6. The summed E-state index contributed by atoms with van der Waals surface area (Å²) >= 11 is 0. The van der Waals surface area contributed by atoms with Crippen molar-refractivity contribution in [2.75, 3.05) is 6.54 Å². The van der Waals surface area contributed by atoms with Crippen LogP contribution in [0.5, 0.6) is 0 Å². The number of nitrogens with zero attached hydrogens (tertiary/aromatic N) is 1. The van der Waals surface area contributed by atoms with Gasteiger partial charge in [-0.15, -0.1) is 0 Å². The van der Waals surface area contributed by atoms with Crippen molar-refractivity contribution in [3.8, 4) is 0 Å². The molecule has 1 fully saturated rings. The van der Waals surface area contributed by atoms with Gasteiger partial charge in [-0.2, -0.15) is 9.28 Å². The van der Waals surface area contributed by atoms with Crippen LogP contribution in [0.15, 0.2) is 30.3 Å². The number of hydrogen-bond acceptors (Lipinski definition) is 3. The van der Waals surface area contributed by atoms with Gasteiger partial charge in [0, 0.05) is 12.8 Å². The number of hydrogen-bond donors (Lipinski definition) is 1. The van der Waals surface area contributed by atoms with Crippen LogP contribution in [0.1, 0.15) is 33.6 Å². The Bertz CT molecular complexity index is 535. The van der Waals surface area contributed by atoms with Gasteiger partial charge in [0.25, 0.3) is 0 Å². The van der Waals surface area contributed by atoms with E-state index in [1.807, 2.05) is 18.2 Å². The highest BCUT2D eigenvalue weighted by molar-refractivity contribution is 5.91. The molecule has 0 bridgehead atoms. The first-order valence-electron chi connectivity index (χ1n) is 7.17. The van der Waals surface area contributed by atoms with Crippen LogP contribution in [0, 0.1) is 0 Å². The first-order valence-corrected chi connectivity index (χ1v) is 7.17. The summed E-state index contributed by atoms with van der Waals surface area (Å²) in [5, 5.41) is 9.53. The minimum Gasteiger partial charge on any atom is -0.477 e. The number of benzene rings is 1. The van der Waals surface area contributed by atoms with Gasteiger partial charge >= 0.3 is 12.1 Å². The van der Waals surface area contributed by atoms with E-state index in [9.17, 15) is 14.7 Å². The Hall–Kier alpha value is -1.88. The number of carboxylic acids is 1. The maximum absolute atomic E-state index is 12.8. The number of aliphatic carboxylic acids is 1. The van der Waals surface area contributed by atoms with Crippen molar-refractivity contribution in [3.05, 3.63) is 30.3 Å². The van der Waals surface area contributed by atoms with Crippen LogP contribution in [0.2, 0.25) is 0 Å². The second-order valence-electron chi connectivity index (χ2n) is 6.40. The van der Waals surface area contributed by atoms with Crippen molar-refractivity contribution < 1.29 is 19.4 Å². The summed E-state index contributed by atoms with van der Waals surface area (Å²) in [5.41, 5.74) is 0.0274. The third-order valence-electron chi connectivity index (χ3n) is 3.74. The Morgan fingerprint density at radius 3 is 2.38 bits per heavy atom. The molecular weight excluding hydrogens is 270 g/mol. The fourth-order valence-electron chi connectivity index (χ4n) is 2.89. The van der Waals surface area contributed by atoms with Crippen LogP contribution < -0.4 is 4.48 Å². The minimum absolute atomic E-state index is 0.257. The molecule has 21 heavy (non-hydrogen) atoms. The van der Waals surface area contributed by atoms with Crippen molar-refractivity contribution in [1.82, 2.24) is 4.48 Å². The molecular formula is C16H22NO4+. The fraction of sp³-hybridized carbons (Fsp3) is 0.500. The van der Waals surface area contributed by atoms with Crippen LogP contribution in [0.25, 0.3) is 0 Å². The van der Waals surface area contributed by atoms with Gasteiger partial charge in [0.1, 0.15) is 11.3 Å². The van der Waals surface area contributed by atoms with E-state index in [4.69, 9.17) is 4.74 Å². The summed E-state index contributed by atoms with van der Waals surface area (Å²) < 4.78 is 5.27. The van der Waals surface area contributed by atoms with E-state index in [0.29, 0.717) is 25.1 Å². The second-order valence-corrected chi connectivity index (χ2v) is 6.40. The molecule has 5 nitrogen and oxygen atoms in total. The van der Waals surface area contributed by atoms with E-state index in [1.54, 1.807) is 32.9 Å². The van der Waals surface area contributed by atoms with Crippen molar-refractivity contribution in [3.63, 3.8) is 0 Å². The summed E-state index contributed by atoms with van der Waals surface area (Å²) in [7, 11) is 0. The van der Waals surface area contributed by atoms with E-state index < -0.39 is 23.7 Å². The smallest absolute Gasteiger partial charge is 0.477 e. The predicted molar refractivity (Wildman–Crippen MR) is 80.0 cm³/mol. The zero-order valence-corrected chi connectivity index (χ0v) is 12.7. The van der Waals surface area contributed by atoms with Crippen molar-refractivity contribution in [2.24, 2.45) is 0 Å². The molecule has 0 saturated carbocycles. The number of carbonyl (C=O) groups is 2. The molecule has 1 unspecified atom stereocenters. The third-order valence-corrected chi connectivity index (χ3v) is 3.74. The number of carbonyl (C=O) groups excluding carboxylic acids is 1. The molecule has 2 rings (SSSR count). The molecule has 1 amide bonds. The molecule has 1 aliphatic rings. The monoisotopic (exact) mass is 292 g/mol. The summed E-state index contributed by atoms with van der Waals surface area (Å²) in [6.45, 7) is 5.82. The predicted octanol–water partition coefficient (Wildman–Crippen LogP) is 3.18. The number of para-hydroxylation sites is 1. The third kappa shape index (κ3) is 2.93. The number of rotatable bonds is 2. The average Bonchev–Trinajstić information content (AvgIpc) is 2.83. The van der Waals surface area contributed by atoms with Crippen LogP contribution in [0.3, 0.4) is 0 Å². The minimum atomic E-state index is -0.956. The lowest BCUT2D eigenvalue weighted by Crippen LogP contribution is -2.61. The Kier molecular flexibility index (Phi) is 4.05. The number of likely N-dealkylation sites (tertiary alicyclic amines) is 1. The molecule has 0 spiro atoms. The molecule has 1 saturated heterocycles. The van der Waals surface area contributed by atoms with Gasteiger partial charge in [0.2, 0.25) is 6.04 Å². The lowest BCUT2D eigenvalue weighted by atomic mass is 10.1. The van der Waals surface area contributed by atoms with Crippen molar-refractivity contribution in [2.45, 2.75) is 45.3 Å². The molecule has 0 aromatic heterocycles. The maximum Gasteiger partial charge on any atom is 0.522 e. The first kappa shape index (κ1) is 15.5. The molecule has 0 aliphatic carbocycles. The fourth-order valence-corrected chi connectivity index (χ4v) is 2.89. The zero-order chi connectivity index (χ0) is 15.7. The van der Waals surface area contributed by atoms with Crippen LogP contribution in [0.4, 0.5) is 10.5 Å². The van der Waals surface area contributed by atoms with Crippen LogP contribution >= 0.6 is 0 Å². The quantitative estimate of drug-likeness (QED) is 0.850. The molecule has 1 aliphatic heterocycles. The van der Waals surface area contributed by atoms with Gasteiger partial charge in [-0.1, -0.05) is 18.2 Å². The summed E-state index contributed by atoms with van der Waals surface area (Å²) in [5.74, 6) is -0.956. The van der Waals surface area contributed by atoms with E-state index in [2.05, 4.69) is 0 Å². The van der Waals surface area contributed by atoms with E-state index in [1.165, 1.54) is 0 Å². The van der Waals surface area contributed by atoms with Gasteiger partial charge in [-0.3, -0.25) is 0 Å². The summed E-state index contributed by atoms with van der Waals surface area (Å²) in [6, 6.07) is 8.28. The highest BCUT2D eigenvalue weighted by Gasteiger charge is 2.56. The summed E-state index contributed by atoms with van der Waals surface area (Å²) in [6.07, 6.45) is 0.674. The molecule has 1 heterocycles. The SMILES string of the molecule is CC(C)(C)OC(=O)[N@+]1(c2ccccc2)CCCC1C(=O)O. The Labute approximate surface area is 124 Å². The first-order chi connectivity index (χ1) is 9.77. The number of quaternary nitrogens is 1. The Morgan fingerprint density at radius 2 is 1.86 bits per heavy atom. The van der Waals surface area contributed by atoms with Gasteiger partial charge < -0.3 is 9.84 Å². The van der Waals surface area contributed by atoms with Gasteiger partial charge in [-0.05, 0) is 32.9 Å². The zero-order valence-electron chi connectivity index (χ0n) is 12.7. The standard InChI is InChI=1S/C16H21NO4/c1-16(2,3)21-15(20)17(12-8-5-4-6-9-12)11-7-10-13(17)14(18)19/h4-6,8-9,13H,7,10-11H2,1-3H3/p+1/t13?,17-/m0/s1. The van der Waals surface area contributed by atoms with Gasteiger partial charge in [0.05, 0.1) is 6.54 Å². The van der Waals surface area contributed by atoms with Crippen molar-refractivity contribution >= 4 is 17.7 Å². The lowest BCUT2D eigenvalue weighted by Gasteiger charge is -2.35. The Morgan fingerprint density at radius 1 is 1.24 bits per heavy atom. The Balaban J connectivity index is 2.50. The lowest BCUT2D eigenvalue weighted by molar-refractivity contribution is -0.141. The van der Waals surface area contributed by atoms with Gasteiger partial charge in [0.15, 0.2) is 0 Å². The molecule has 5 heteroatoms. The highest BCUT2D eigenvalue weighted by Crippen LogP contribution is 2.36. The number of carboxylic acid groups (broad SMARTS) is 1. The van der Waals surface area contributed by atoms with E-state index in [-0.39, 0.29) is 4.48 Å². The van der Waals surface area contributed by atoms with E-state index >= 15 is 0 Å². The average molecular weight is 292 g/mol. The van der Waals surface area contributed by atoms with Crippen molar-refractivity contribution in [1.29, 1.82) is 0 Å². The molecule has 1 aromatic carbocycles. The van der Waals surface area contributed by atoms with E-state index in [0.717, 1.165) is 0 Å². The summed E-state index contributed by atoms with van der Waals surface area (Å²) in [4.78, 5) is 24.4. The number of ether oxygens (including phenoxy) is 1. The van der Waals surface area contributed by atoms with Gasteiger partial charge in [-0.25, -0.2) is 4.79 Å². The highest BCUT2D eigenvalue weighted by atomic mass is 16.6. The molecule has 2 atom stereocenters. The maximum atomic E-state index is 12.8. The largest absolute Gasteiger partial charge is 0.522 e. The molecule has 1 N–H and O–H groups in total. The molecule has 0 radical (unpaired) electrons. The molecule has 114 valence electrons. The second kappa shape index (κ2) is 5.48. The molecule has 1 aromatic rings. The number of amides is 1. The van der Waals surface area contributed by atoms with Crippen LogP contribution in [-0.2, 0) is 9.53 Å². The topological polar surface area (TPSA) is 63.6 Å². The van der Waals surface area contributed by atoms with Crippen LogP contribution in [-0.4, -0.2) is 35.4 Å².